The number of hydrogen-bond acceptors (Lipinski definition) is 3. The Morgan fingerprint density at radius 2 is 2.12 bits per heavy atom. The molecule has 4 nitrogen and oxygen atoms in total. The molecule has 1 atom stereocenters. The lowest BCUT2D eigenvalue weighted by atomic mass is 10.1. The van der Waals surface area contributed by atoms with Crippen LogP contribution >= 0.6 is 0 Å². The van der Waals surface area contributed by atoms with Crippen molar-refractivity contribution in [1.82, 2.24) is 10.2 Å². The van der Waals surface area contributed by atoms with Crippen LogP contribution in [0.4, 0.5) is 13.2 Å². The molecule has 1 aliphatic heterocycles. The molecule has 0 aliphatic carbocycles. The van der Waals surface area contributed by atoms with Crippen LogP contribution in [-0.2, 0) is 11.3 Å². The third-order valence-electron chi connectivity index (χ3n) is 3.93. The van der Waals surface area contributed by atoms with Gasteiger partial charge < -0.3 is 15.0 Å². The van der Waals surface area contributed by atoms with Crippen LogP contribution in [0.15, 0.2) is 36.9 Å². The summed E-state index contributed by atoms with van der Waals surface area (Å²) in [5, 5.41) is 3.17. The second kappa shape index (κ2) is 8.19. The molecule has 1 fully saturated rings. The number of carbonyl (C=O) groups excluding carboxylic acids is 1. The number of nitrogens with zero attached hydrogens (tertiary/aromatic N) is 1. The topological polar surface area (TPSA) is 41.6 Å². The van der Waals surface area contributed by atoms with E-state index in [2.05, 4.69) is 16.6 Å². The average molecular weight is 342 g/mol. The van der Waals surface area contributed by atoms with E-state index < -0.39 is 6.36 Å². The Morgan fingerprint density at radius 3 is 2.83 bits per heavy atom. The van der Waals surface area contributed by atoms with E-state index in [-0.39, 0.29) is 24.2 Å². The van der Waals surface area contributed by atoms with Gasteiger partial charge in [0.2, 0.25) is 5.91 Å². The summed E-state index contributed by atoms with van der Waals surface area (Å²) in [6.45, 7) is 5.15. The number of hydrogen-bond donors (Lipinski definition) is 1. The van der Waals surface area contributed by atoms with Gasteiger partial charge in [-0.15, -0.1) is 19.8 Å². The molecule has 1 saturated heterocycles. The van der Waals surface area contributed by atoms with Crippen molar-refractivity contribution in [3.05, 3.63) is 42.5 Å². The fourth-order valence-corrected chi connectivity index (χ4v) is 2.83. The number of carbonyl (C=O) groups is 1. The Hall–Kier alpha value is -2.02. The molecule has 1 aromatic rings. The smallest absolute Gasteiger partial charge is 0.405 e. The van der Waals surface area contributed by atoms with E-state index in [0.717, 1.165) is 19.4 Å². The van der Waals surface area contributed by atoms with Gasteiger partial charge in [0.25, 0.3) is 0 Å². The zero-order valence-corrected chi connectivity index (χ0v) is 13.3. The van der Waals surface area contributed by atoms with Crippen LogP contribution in [0, 0.1) is 0 Å². The van der Waals surface area contributed by atoms with E-state index in [1.54, 1.807) is 23.1 Å². The third-order valence-corrected chi connectivity index (χ3v) is 3.93. The number of alkyl halides is 3. The lowest BCUT2D eigenvalue weighted by molar-refractivity contribution is -0.275. The molecule has 24 heavy (non-hydrogen) atoms. The lowest BCUT2D eigenvalue weighted by Gasteiger charge is -2.26. The zero-order valence-electron chi connectivity index (χ0n) is 13.3. The van der Waals surface area contributed by atoms with Gasteiger partial charge in [-0.2, -0.15) is 0 Å². The Bertz CT molecular complexity index is 575. The summed E-state index contributed by atoms with van der Waals surface area (Å²) < 4.78 is 41.6. The monoisotopic (exact) mass is 342 g/mol. The highest BCUT2D eigenvalue weighted by molar-refractivity contribution is 5.78. The number of ether oxygens (including phenoxy) is 1. The number of benzene rings is 1. The second-order valence-corrected chi connectivity index (χ2v) is 5.65. The number of amides is 1. The van der Waals surface area contributed by atoms with Gasteiger partial charge in [-0.25, -0.2) is 0 Å². The largest absolute Gasteiger partial charge is 0.573 e. The molecule has 0 radical (unpaired) electrons. The van der Waals surface area contributed by atoms with Crippen molar-refractivity contribution in [3.63, 3.8) is 0 Å². The molecule has 0 saturated carbocycles. The number of nitrogens with one attached hydrogen (secondary N) is 1. The SMILES string of the molecule is C=CCNCCC1CCC(=O)N1Cc1ccccc1OC(F)(F)F. The second-order valence-electron chi connectivity index (χ2n) is 5.65. The van der Waals surface area contributed by atoms with Crippen LogP contribution in [0.2, 0.25) is 0 Å². The molecule has 1 heterocycles. The molecule has 7 heteroatoms. The van der Waals surface area contributed by atoms with E-state index in [0.29, 0.717) is 18.5 Å². The van der Waals surface area contributed by atoms with Gasteiger partial charge in [0, 0.05) is 31.1 Å². The van der Waals surface area contributed by atoms with Gasteiger partial charge in [-0.3, -0.25) is 4.79 Å². The van der Waals surface area contributed by atoms with Crippen molar-refractivity contribution < 1.29 is 22.7 Å². The third kappa shape index (κ3) is 5.26. The molecule has 1 amide bonds. The molecule has 1 aliphatic rings. The summed E-state index contributed by atoms with van der Waals surface area (Å²) >= 11 is 0. The molecule has 0 aromatic heterocycles. The van der Waals surface area contributed by atoms with Crippen molar-refractivity contribution in [1.29, 1.82) is 0 Å². The maximum absolute atomic E-state index is 12.5. The lowest BCUT2D eigenvalue weighted by Crippen LogP contribution is -2.35. The molecular formula is C17H21F3N2O2. The molecule has 0 bridgehead atoms. The van der Waals surface area contributed by atoms with E-state index in [1.807, 2.05) is 0 Å². The van der Waals surface area contributed by atoms with Crippen molar-refractivity contribution in [3.8, 4) is 5.75 Å². The molecule has 2 rings (SSSR count). The molecule has 1 N–H and O–H groups in total. The quantitative estimate of drug-likeness (QED) is 0.582. The average Bonchev–Trinajstić information content (AvgIpc) is 2.85. The molecule has 1 aromatic carbocycles. The first-order valence-electron chi connectivity index (χ1n) is 7.85. The predicted molar refractivity (Wildman–Crippen MR) is 84.4 cm³/mol. The minimum absolute atomic E-state index is 0.0220. The van der Waals surface area contributed by atoms with Crippen molar-refractivity contribution >= 4 is 5.91 Å². The summed E-state index contributed by atoms with van der Waals surface area (Å²) in [5.41, 5.74) is 0.356. The highest BCUT2D eigenvalue weighted by Gasteiger charge is 2.34. The minimum atomic E-state index is -4.75. The first-order chi connectivity index (χ1) is 11.4. The van der Waals surface area contributed by atoms with Crippen LogP contribution in [0.25, 0.3) is 0 Å². The Kier molecular flexibility index (Phi) is 6.25. The van der Waals surface area contributed by atoms with Gasteiger partial charge in [0.1, 0.15) is 5.75 Å². The maximum atomic E-state index is 12.5. The van der Waals surface area contributed by atoms with E-state index in [9.17, 15) is 18.0 Å². The number of likely N-dealkylation sites (tertiary alicyclic amines) is 1. The highest BCUT2D eigenvalue weighted by Crippen LogP contribution is 2.30. The van der Waals surface area contributed by atoms with Crippen molar-refractivity contribution in [2.75, 3.05) is 13.1 Å². The normalized spacial score (nSPS) is 18.0. The number of halogens is 3. The van der Waals surface area contributed by atoms with Crippen LogP contribution in [-0.4, -0.2) is 36.3 Å². The van der Waals surface area contributed by atoms with Crippen LogP contribution in [0.1, 0.15) is 24.8 Å². The van der Waals surface area contributed by atoms with E-state index in [4.69, 9.17) is 0 Å². The first kappa shape index (κ1) is 18.3. The highest BCUT2D eigenvalue weighted by atomic mass is 19.4. The fourth-order valence-electron chi connectivity index (χ4n) is 2.83. The van der Waals surface area contributed by atoms with Gasteiger partial charge in [-0.1, -0.05) is 24.3 Å². The Morgan fingerprint density at radius 1 is 1.38 bits per heavy atom. The standard InChI is InChI=1S/C17H21F3N2O2/c1-2-10-21-11-9-14-7-8-16(23)22(14)12-13-5-3-4-6-15(13)24-17(18,19)20/h2-6,14,21H,1,7-12H2. The Balaban J connectivity index is 2.04. The number of rotatable bonds is 8. The molecule has 1 unspecified atom stereocenters. The number of para-hydroxylation sites is 1. The van der Waals surface area contributed by atoms with Crippen molar-refractivity contribution in [2.45, 2.75) is 38.2 Å². The Labute approximate surface area is 139 Å². The summed E-state index contributed by atoms with van der Waals surface area (Å²) in [6, 6.07) is 5.96. The maximum Gasteiger partial charge on any atom is 0.573 e. The fraction of sp³-hybridized carbons (Fsp3) is 0.471. The van der Waals surface area contributed by atoms with E-state index >= 15 is 0 Å². The zero-order chi connectivity index (χ0) is 17.6. The van der Waals surface area contributed by atoms with Crippen LogP contribution < -0.4 is 10.1 Å². The van der Waals surface area contributed by atoms with Crippen LogP contribution in [0.5, 0.6) is 5.75 Å². The van der Waals surface area contributed by atoms with Crippen LogP contribution in [0.3, 0.4) is 0 Å². The van der Waals surface area contributed by atoms with E-state index in [1.165, 1.54) is 12.1 Å². The molecule has 132 valence electrons. The summed E-state index contributed by atoms with van der Waals surface area (Å²) in [6.07, 6.45) is -1.10. The van der Waals surface area contributed by atoms with Gasteiger partial charge in [-0.05, 0) is 25.5 Å². The molecular weight excluding hydrogens is 321 g/mol. The summed E-state index contributed by atoms with van der Waals surface area (Å²) in [5.74, 6) is -0.293. The molecule has 0 spiro atoms. The summed E-state index contributed by atoms with van der Waals surface area (Å²) in [7, 11) is 0. The van der Waals surface area contributed by atoms with Gasteiger partial charge >= 0.3 is 6.36 Å². The minimum Gasteiger partial charge on any atom is -0.405 e. The first-order valence-corrected chi connectivity index (χ1v) is 7.85. The van der Waals surface area contributed by atoms with Crippen molar-refractivity contribution in [2.24, 2.45) is 0 Å². The predicted octanol–water partition coefficient (Wildman–Crippen LogP) is 3.24. The van der Waals surface area contributed by atoms with Gasteiger partial charge in [0.15, 0.2) is 0 Å². The van der Waals surface area contributed by atoms with Gasteiger partial charge in [0.05, 0.1) is 0 Å². The summed E-state index contributed by atoms with van der Waals surface area (Å²) in [4.78, 5) is 13.7.